The van der Waals surface area contributed by atoms with E-state index in [1.807, 2.05) is 18.2 Å². The number of aliphatic hydroxyl groups excluding tert-OH is 1. The maximum Gasteiger partial charge on any atom is 0.0994 e. The molecule has 1 aromatic carbocycles. The Morgan fingerprint density at radius 2 is 1.42 bits per heavy atom. The number of unbranched alkanes of at least 4 members (excludes halogenated alkanes) is 7. The van der Waals surface area contributed by atoms with Gasteiger partial charge in [0.25, 0.3) is 0 Å². The lowest BCUT2D eigenvalue weighted by Crippen LogP contribution is -1.90. The summed E-state index contributed by atoms with van der Waals surface area (Å²) in [7, 11) is 0. The molecule has 0 saturated carbocycles. The van der Waals surface area contributed by atoms with Crippen molar-refractivity contribution in [2.45, 2.75) is 57.8 Å². The van der Waals surface area contributed by atoms with Crippen LogP contribution >= 0.6 is 0 Å². The third-order valence-corrected chi connectivity index (χ3v) is 3.49. The molecular weight excluding hydrogens is 234 g/mol. The molecule has 0 atom stereocenters. The normalized spacial score (nSPS) is 10.3. The van der Waals surface area contributed by atoms with Crippen LogP contribution in [0.1, 0.15) is 62.5 Å². The zero-order valence-electron chi connectivity index (χ0n) is 11.8. The second-order valence-electron chi connectivity index (χ2n) is 5.07. The molecule has 19 heavy (non-hydrogen) atoms. The number of nitriles is 1. The molecule has 0 unspecified atom stereocenters. The monoisotopic (exact) mass is 259 g/mol. The first-order valence-electron chi connectivity index (χ1n) is 7.47. The standard InChI is InChI=1S/C17H25NO/c18-15-17-13-9-8-12-16(17)11-7-5-3-1-2-4-6-10-14-19/h8-9,12-13,19H,1-7,10-11,14H2. The average molecular weight is 259 g/mol. The second-order valence-corrected chi connectivity index (χ2v) is 5.07. The van der Waals surface area contributed by atoms with Crippen molar-refractivity contribution in [2.75, 3.05) is 6.61 Å². The molecule has 0 aliphatic rings. The fourth-order valence-electron chi connectivity index (χ4n) is 2.34. The van der Waals surface area contributed by atoms with E-state index < -0.39 is 0 Å². The van der Waals surface area contributed by atoms with E-state index in [1.54, 1.807) is 0 Å². The first kappa shape index (κ1) is 15.7. The number of benzene rings is 1. The van der Waals surface area contributed by atoms with E-state index in [-0.39, 0.29) is 0 Å². The number of nitrogens with zero attached hydrogens (tertiary/aromatic N) is 1. The van der Waals surface area contributed by atoms with Crippen molar-refractivity contribution in [1.82, 2.24) is 0 Å². The van der Waals surface area contributed by atoms with Crippen molar-refractivity contribution in [1.29, 1.82) is 5.26 Å². The molecule has 1 N–H and O–H groups in total. The highest BCUT2D eigenvalue weighted by molar-refractivity contribution is 5.37. The Hall–Kier alpha value is -1.33. The van der Waals surface area contributed by atoms with E-state index >= 15 is 0 Å². The predicted molar refractivity (Wildman–Crippen MR) is 78.9 cm³/mol. The summed E-state index contributed by atoms with van der Waals surface area (Å²) in [4.78, 5) is 0. The fourth-order valence-corrected chi connectivity index (χ4v) is 2.34. The summed E-state index contributed by atoms with van der Waals surface area (Å²) < 4.78 is 0. The Morgan fingerprint density at radius 1 is 0.842 bits per heavy atom. The molecule has 0 aliphatic heterocycles. The lowest BCUT2D eigenvalue weighted by atomic mass is 10.0. The molecule has 0 aromatic heterocycles. The molecule has 0 spiro atoms. The molecule has 0 saturated heterocycles. The maximum absolute atomic E-state index is 8.99. The number of hydrogen-bond donors (Lipinski definition) is 1. The number of rotatable bonds is 10. The number of hydrogen-bond acceptors (Lipinski definition) is 2. The molecule has 0 amide bonds. The van der Waals surface area contributed by atoms with E-state index in [0.29, 0.717) is 6.61 Å². The third-order valence-electron chi connectivity index (χ3n) is 3.49. The van der Waals surface area contributed by atoms with Crippen LogP contribution in [0, 0.1) is 11.3 Å². The summed E-state index contributed by atoms with van der Waals surface area (Å²) in [6.07, 6.45) is 10.7. The number of aliphatic hydroxyl groups is 1. The summed E-state index contributed by atoms with van der Waals surface area (Å²) in [5, 5.41) is 17.7. The van der Waals surface area contributed by atoms with Crippen LogP contribution in [0.2, 0.25) is 0 Å². The van der Waals surface area contributed by atoms with E-state index in [0.717, 1.165) is 24.8 Å². The summed E-state index contributed by atoms with van der Waals surface area (Å²) in [5.41, 5.74) is 2.01. The second kappa shape index (κ2) is 10.6. The van der Waals surface area contributed by atoms with Crippen LogP contribution in [0.3, 0.4) is 0 Å². The Balaban J connectivity index is 2.03. The zero-order valence-corrected chi connectivity index (χ0v) is 11.8. The van der Waals surface area contributed by atoms with E-state index in [1.165, 1.54) is 44.1 Å². The quantitative estimate of drug-likeness (QED) is 0.639. The molecule has 2 heteroatoms. The predicted octanol–water partition coefficient (Wildman–Crippen LogP) is 4.21. The summed E-state index contributed by atoms with van der Waals surface area (Å²) in [6.45, 7) is 0.332. The van der Waals surface area contributed by atoms with Crippen LogP contribution in [0.4, 0.5) is 0 Å². The van der Waals surface area contributed by atoms with Gasteiger partial charge in [-0.1, -0.05) is 56.7 Å². The maximum atomic E-state index is 8.99. The summed E-state index contributed by atoms with van der Waals surface area (Å²) in [6, 6.07) is 10.2. The van der Waals surface area contributed by atoms with Gasteiger partial charge in [-0.05, 0) is 30.9 Å². The molecule has 0 bridgehead atoms. The Kier molecular flexibility index (Phi) is 8.76. The Bertz CT molecular complexity index is 381. The van der Waals surface area contributed by atoms with E-state index in [4.69, 9.17) is 10.4 Å². The van der Waals surface area contributed by atoms with Crippen molar-refractivity contribution in [3.63, 3.8) is 0 Å². The molecular formula is C17H25NO. The molecule has 2 nitrogen and oxygen atoms in total. The topological polar surface area (TPSA) is 44.0 Å². The van der Waals surface area contributed by atoms with E-state index in [9.17, 15) is 0 Å². The van der Waals surface area contributed by atoms with Crippen LogP contribution in [-0.4, -0.2) is 11.7 Å². The largest absolute Gasteiger partial charge is 0.396 e. The van der Waals surface area contributed by atoms with Crippen molar-refractivity contribution >= 4 is 0 Å². The highest BCUT2D eigenvalue weighted by Gasteiger charge is 2.00. The summed E-state index contributed by atoms with van der Waals surface area (Å²) >= 11 is 0. The van der Waals surface area contributed by atoms with E-state index in [2.05, 4.69) is 12.1 Å². The van der Waals surface area contributed by atoms with Gasteiger partial charge in [0.15, 0.2) is 0 Å². The molecule has 0 radical (unpaired) electrons. The van der Waals surface area contributed by atoms with Gasteiger partial charge in [-0.25, -0.2) is 0 Å². The molecule has 1 rings (SSSR count). The summed E-state index contributed by atoms with van der Waals surface area (Å²) in [5.74, 6) is 0. The van der Waals surface area contributed by atoms with Gasteiger partial charge in [-0.15, -0.1) is 0 Å². The first-order chi connectivity index (χ1) is 9.38. The third kappa shape index (κ3) is 6.98. The van der Waals surface area contributed by atoms with Crippen LogP contribution in [-0.2, 0) is 6.42 Å². The van der Waals surface area contributed by atoms with Crippen LogP contribution in [0.15, 0.2) is 24.3 Å². The smallest absolute Gasteiger partial charge is 0.0994 e. The molecule has 1 aromatic rings. The van der Waals surface area contributed by atoms with Gasteiger partial charge in [0, 0.05) is 6.61 Å². The van der Waals surface area contributed by atoms with Gasteiger partial charge in [0.2, 0.25) is 0 Å². The fraction of sp³-hybridized carbons (Fsp3) is 0.588. The van der Waals surface area contributed by atoms with Gasteiger partial charge in [0.1, 0.15) is 0 Å². The highest BCUT2D eigenvalue weighted by Crippen LogP contribution is 2.13. The molecule has 0 aliphatic carbocycles. The highest BCUT2D eigenvalue weighted by atomic mass is 16.2. The minimum Gasteiger partial charge on any atom is -0.396 e. The van der Waals surface area contributed by atoms with Gasteiger partial charge in [0.05, 0.1) is 11.6 Å². The van der Waals surface area contributed by atoms with Crippen LogP contribution in [0.25, 0.3) is 0 Å². The van der Waals surface area contributed by atoms with Crippen LogP contribution < -0.4 is 0 Å². The minimum atomic E-state index is 0.332. The van der Waals surface area contributed by atoms with Gasteiger partial charge in [-0.2, -0.15) is 5.26 Å². The zero-order chi connectivity index (χ0) is 13.8. The van der Waals surface area contributed by atoms with Crippen molar-refractivity contribution in [3.05, 3.63) is 35.4 Å². The van der Waals surface area contributed by atoms with Crippen molar-refractivity contribution < 1.29 is 5.11 Å². The minimum absolute atomic E-state index is 0.332. The van der Waals surface area contributed by atoms with Gasteiger partial charge < -0.3 is 5.11 Å². The SMILES string of the molecule is N#Cc1ccccc1CCCCCCCCCCO. The molecule has 0 heterocycles. The van der Waals surface area contributed by atoms with Crippen LogP contribution in [0.5, 0.6) is 0 Å². The first-order valence-corrected chi connectivity index (χ1v) is 7.47. The lowest BCUT2D eigenvalue weighted by Gasteiger charge is -2.04. The average Bonchev–Trinajstić information content (AvgIpc) is 2.46. The Labute approximate surface area is 117 Å². The van der Waals surface area contributed by atoms with Crippen molar-refractivity contribution in [2.24, 2.45) is 0 Å². The van der Waals surface area contributed by atoms with Gasteiger partial charge >= 0.3 is 0 Å². The Morgan fingerprint density at radius 3 is 2.05 bits per heavy atom. The molecule has 104 valence electrons. The van der Waals surface area contributed by atoms with Gasteiger partial charge in [-0.3, -0.25) is 0 Å². The number of aryl methyl sites for hydroxylation is 1. The lowest BCUT2D eigenvalue weighted by molar-refractivity contribution is 0.282. The van der Waals surface area contributed by atoms with Crippen molar-refractivity contribution in [3.8, 4) is 6.07 Å². The molecule has 0 fully saturated rings.